The van der Waals surface area contributed by atoms with Crippen LogP contribution in [0.25, 0.3) is 0 Å². The van der Waals surface area contributed by atoms with E-state index in [4.69, 9.17) is 9.84 Å². The van der Waals surface area contributed by atoms with Gasteiger partial charge >= 0.3 is 12.0 Å². The van der Waals surface area contributed by atoms with Crippen molar-refractivity contribution in [1.29, 1.82) is 0 Å². The van der Waals surface area contributed by atoms with Gasteiger partial charge in [0.15, 0.2) is 0 Å². The van der Waals surface area contributed by atoms with E-state index >= 15 is 0 Å². The number of ether oxygens (including phenoxy) is 1. The molecule has 1 aromatic carbocycles. The summed E-state index contributed by atoms with van der Waals surface area (Å²) in [5, 5.41) is 23.5. The van der Waals surface area contributed by atoms with Gasteiger partial charge in [0.25, 0.3) is 0 Å². The van der Waals surface area contributed by atoms with Gasteiger partial charge in [-0.2, -0.15) is 0 Å². The number of phenols is 1. The Morgan fingerprint density at radius 3 is 2.86 bits per heavy atom. The van der Waals surface area contributed by atoms with E-state index in [0.717, 1.165) is 25.9 Å². The molecule has 1 aliphatic heterocycles. The van der Waals surface area contributed by atoms with Gasteiger partial charge in [-0.25, -0.2) is 9.59 Å². The highest BCUT2D eigenvalue weighted by molar-refractivity contribution is 5.95. The molecule has 0 spiro atoms. The molecule has 0 aliphatic carbocycles. The standard InChI is InChI=1S/C14H18N2O5/c17-12-4-3-9(8-11(12)13(18)19)16-14(20)15-6-5-10-2-1-7-21-10/h3-4,8,10,17H,1-2,5-7H2,(H,18,19)(H2,15,16,20). The van der Waals surface area contributed by atoms with E-state index in [-0.39, 0.29) is 17.4 Å². The van der Waals surface area contributed by atoms with Crippen molar-refractivity contribution in [2.75, 3.05) is 18.5 Å². The fourth-order valence-electron chi connectivity index (χ4n) is 2.18. The molecule has 0 radical (unpaired) electrons. The third-order valence-corrected chi connectivity index (χ3v) is 3.26. The highest BCUT2D eigenvalue weighted by atomic mass is 16.5. The number of amides is 2. The van der Waals surface area contributed by atoms with Gasteiger partial charge in [0.2, 0.25) is 0 Å². The first-order valence-corrected chi connectivity index (χ1v) is 6.79. The normalized spacial score (nSPS) is 17.4. The van der Waals surface area contributed by atoms with Gasteiger partial charge in [0.1, 0.15) is 11.3 Å². The second-order valence-electron chi connectivity index (χ2n) is 4.84. The van der Waals surface area contributed by atoms with Crippen molar-refractivity contribution in [2.24, 2.45) is 0 Å². The van der Waals surface area contributed by atoms with Crippen molar-refractivity contribution in [3.63, 3.8) is 0 Å². The predicted octanol–water partition coefficient (Wildman–Crippen LogP) is 1.78. The van der Waals surface area contributed by atoms with Gasteiger partial charge in [-0.3, -0.25) is 0 Å². The van der Waals surface area contributed by atoms with E-state index in [0.29, 0.717) is 12.2 Å². The van der Waals surface area contributed by atoms with Gasteiger partial charge < -0.3 is 25.6 Å². The van der Waals surface area contributed by atoms with E-state index in [1.54, 1.807) is 0 Å². The van der Waals surface area contributed by atoms with Crippen molar-refractivity contribution in [2.45, 2.75) is 25.4 Å². The third-order valence-electron chi connectivity index (χ3n) is 3.26. The summed E-state index contributed by atoms with van der Waals surface area (Å²) < 4.78 is 5.44. The summed E-state index contributed by atoms with van der Waals surface area (Å²) in [6, 6.07) is 3.44. The van der Waals surface area contributed by atoms with Crippen molar-refractivity contribution < 1.29 is 24.5 Å². The van der Waals surface area contributed by atoms with Crippen LogP contribution in [0, 0.1) is 0 Å². The first-order chi connectivity index (χ1) is 10.1. The highest BCUT2D eigenvalue weighted by Gasteiger charge is 2.15. The average Bonchev–Trinajstić information content (AvgIpc) is 2.94. The van der Waals surface area contributed by atoms with Gasteiger partial charge in [0.05, 0.1) is 6.10 Å². The maximum atomic E-state index is 11.7. The molecule has 7 heteroatoms. The summed E-state index contributed by atoms with van der Waals surface area (Å²) >= 11 is 0. The molecule has 114 valence electrons. The molecule has 4 N–H and O–H groups in total. The smallest absolute Gasteiger partial charge is 0.339 e. The van der Waals surface area contributed by atoms with Crippen molar-refractivity contribution in [3.8, 4) is 5.75 Å². The van der Waals surface area contributed by atoms with E-state index in [1.165, 1.54) is 18.2 Å². The number of carboxylic acid groups (broad SMARTS) is 1. The molecule has 0 aromatic heterocycles. The Hall–Kier alpha value is -2.28. The first-order valence-electron chi connectivity index (χ1n) is 6.79. The number of aromatic carboxylic acids is 1. The van der Waals surface area contributed by atoms with Crippen LogP contribution in [-0.2, 0) is 4.74 Å². The van der Waals surface area contributed by atoms with Crippen LogP contribution < -0.4 is 10.6 Å². The highest BCUT2D eigenvalue weighted by Crippen LogP contribution is 2.21. The molecule has 1 atom stereocenters. The molecular weight excluding hydrogens is 276 g/mol. The topological polar surface area (TPSA) is 108 Å². The lowest BCUT2D eigenvalue weighted by Gasteiger charge is -2.11. The van der Waals surface area contributed by atoms with E-state index in [1.807, 2.05) is 0 Å². The van der Waals surface area contributed by atoms with Crippen LogP contribution in [0.2, 0.25) is 0 Å². The SMILES string of the molecule is O=C(NCCC1CCCO1)Nc1ccc(O)c(C(=O)O)c1. The van der Waals surface area contributed by atoms with E-state index < -0.39 is 12.0 Å². The number of benzene rings is 1. The van der Waals surface area contributed by atoms with E-state index in [9.17, 15) is 14.7 Å². The maximum absolute atomic E-state index is 11.7. The largest absolute Gasteiger partial charge is 0.507 e. The second kappa shape index (κ2) is 6.94. The Labute approximate surface area is 121 Å². The molecule has 2 rings (SSSR count). The zero-order valence-corrected chi connectivity index (χ0v) is 11.5. The fourth-order valence-corrected chi connectivity index (χ4v) is 2.18. The second-order valence-corrected chi connectivity index (χ2v) is 4.84. The number of aromatic hydroxyl groups is 1. The Kier molecular flexibility index (Phi) is 4.99. The van der Waals surface area contributed by atoms with Crippen LogP contribution in [0.1, 0.15) is 29.6 Å². The van der Waals surface area contributed by atoms with Crippen LogP contribution in [0.3, 0.4) is 0 Å². The van der Waals surface area contributed by atoms with Crippen molar-refractivity contribution in [3.05, 3.63) is 23.8 Å². The lowest BCUT2D eigenvalue weighted by atomic mass is 10.2. The van der Waals surface area contributed by atoms with Crippen LogP contribution in [0.4, 0.5) is 10.5 Å². The molecule has 1 unspecified atom stereocenters. The van der Waals surface area contributed by atoms with Crippen LogP contribution in [0.15, 0.2) is 18.2 Å². The van der Waals surface area contributed by atoms with Crippen LogP contribution in [-0.4, -0.2) is 41.5 Å². The predicted molar refractivity (Wildman–Crippen MR) is 75.7 cm³/mol. The first kappa shape index (κ1) is 15.1. The molecular formula is C14H18N2O5. The molecule has 1 aromatic rings. The fraction of sp³-hybridized carbons (Fsp3) is 0.429. The molecule has 1 fully saturated rings. The summed E-state index contributed by atoms with van der Waals surface area (Å²) in [7, 11) is 0. The monoisotopic (exact) mass is 294 g/mol. The third kappa shape index (κ3) is 4.35. The number of carbonyl (C=O) groups is 2. The summed E-state index contributed by atoms with van der Waals surface area (Å²) in [5.41, 5.74) is 0.0481. The Bertz CT molecular complexity index is 526. The van der Waals surface area contributed by atoms with Crippen molar-refractivity contribution in [1.82, 2.24) is 5.32 Å². The molecule has 21 heavy (non-hydrogen) atoms. The summed E-state index contributed by atoms with van der Waals surface area (Å²) in [4.78, 5) is 22.6. The number of hydrogen-bond donors (Lipinski definition) is 4. The quantitative estimate of drug-likeness (QED) is 0.619. The average molecular weight is 294 g/mol. The van der Waals surface area contributed by atoms with Crippen molar-refractivity contribution >= 4 is 17.7 Å². The molecule has 1 saturated heterocycles. The molecule has 7 nitrogen and oxygen atoms in total. The van der Waals surface area contributed by atoms with Gasteiger partial charge in [-0.1, -0.05) is 0 Å². The molecule has 1 heterocycles. The zero-order chi connectivity index (χ0) is 15.2. The number of hydrogen-bond acceptors (Lipinski definition) is 4. The number of carboxylic acids is 1. The number of urea groups is 1. The number of rotatable bonds is 5. The number of carbonyl (C=O) groups excluding carboxylic acids is 1. The molecule has 1 aliphatic rings. The minimum absolute atomic E-state index is 0.206. The molecule has 0 saturated carbocycles. The molecule has 0 bridgehead atoms. The number of nitrogens with one attached hydrogen (secondary N) is 2. The minimum Gasteiger partial charge on any atom is -0.507 e. The Morgan fingerprint density at radius 1 is 1.38 bits per heavy atom. The summed E-state index contributed by atoms with van der Waals surface area (Å²) in [6.07, 6.45) is 3.03. The lowest BCUT2D eigenvalue weighted by molar-refractivity contribution is 0.0693. The van der Waals surface area contributed by atoms with Gasteiger partial charge in [0, 0.05) is 18.8 Å². The van der Waals surface area contributed by atoms with Crippen LogP contribution >= 0.6 is 0 Å². The zero-order valence-electron chi connectivity index (χ0n) is 11.5. The van der Waals surface area contributed by atoms with E-state index in [2.05, 4.69) is 10.6 Å². The lowest BCUT2D eigenvalue weighted by Crippen LogP contribution is -2.31. The number of anilines is 1. The maximum Gasteiger partial charge on any atom is 0.339 e. The Balaban J connectivity index is 1.81. The Morgan fingerprint density at radius 2 is 2.19 bits per heavy atom. The van der Waals surface area contributed by atoms with Gasteiger partial charge in [-0.15, -0.1) is 0 Å². The van der Waals surface area contributed by atoms with Gasteiger partial charge in [-0.05, 0) is 37.5 Å². The minimum atomic E-state index is -1.25. The van der Waals surface area contributed by atoms with Crippen LogP contribution in [0.5, 0.6) is 5.75 Å². The molecule has 2 amide bonds. The summed E-state index contributed by atoms with van der Waals surface area (Å²) in [6.45, 7) is 1.27. The summed E-state index contributed by atoms with van der Waals surface area (Å²) in [5.74, 6) is -1.60.